The smallest absolute Gasteiger partial charge is 0.240 e. The molecule has 2 heterocycles. The standard InChI is InChI=1S/C52H68Cl4N6O12S2/c1-61-33-45(43-29-39(53)31-49(55)47(43)35-61)37-3-7-41(8-4-37)75(65,66)59-15-19-71-23-27-73-25-21-69-17-13-57-51(63)11-12-52(64)58-14-18-70-22-26-74-28-24-72-20-16-60-76(67,68)42-9-5-38(6-10-42)46-34-62(2)36-48-44(46)30-40(54)32-50(48)56/h3-10,29-32,45-46,59-60H,11-28,33-36H2,1-2H3,(H,57,63)(H,58,64). The average molecular weight is 1180 g/mol. The first-order valence-corrected chi connectivity index (χ1v) is 29.5. The van der Waals surface area contributed by atoms with Gasteiger partial charge in [0.05, 0.1) is 89.1 Å². The Morgan fingerprint density at radius 2 is 0.803 bits per heavy atom. The number of likely N-dealkylation sites (N-methyl/N-ethyl adjacent to an activating group) is 2. The molecular formula is C52H68Cl4N6O12S2. The molecule has 2 aliphatic rings. The second-order valence-electron chi connectivity index (χ2n) is 18.2. The second-order valence-corrected chi connectivity index (χ2v) is 23.4. The van der Waals surface area contributed by atoms with Crippen LogP contribution in [-0.4, -0.2) is 171 Å². The minimum atomic E-state index is -3.74. The lowest BCUT2D eigenvalue weighted by Gasteiger charge is -2.33. The van der Waals surface area contributed by atoms with E-state index in [1.165, 1.54) is 0 Å². The Morgan fingerprint density at radius 1 is 0.487 bits per heavy atom. The fraction of sp³-hybridized carbons (Fsp3) is 0.500. The second kappa shape index (κ2) is 31.3. The maximum absolute atomic E-state index is 12.9. The number of benzene rings is 4. The lowest BCUT2D eigenvalue weighted by Crippen LogP contribution is -2.31. The number of carbonyl (C=O) groups excluding carboxylic acids is 2. The van der Waals surface area contributed by atoms with E-state index < -0.39 is 20.0 Å². The number of rotatable bonds is 33. The summed E-state index contributed by atoms with van der Waals surface area (Å²) in [6.07, 6.45) is 0.0618. The molecule has 24 heteroatoms. The van der Waals surface area contributed by atoms with Crippen molar-refractivity contribution in [2.75, 3.05) is 133 Å². The van der Waals surface area contributed by atoms with E-state index in [2.05, 4.69) is 29.9 Å². The third-order valence-corrected chi connectivity index (χ3v) is 16.5. The zero-order valence-corrected chi connectivity index (χ0v) is 47.4. The number of nitrogens with zero attached hydrogens (tertiary/aromatic N) is 2. The fourth-order valence-corrected chi connectivity index (χ4v) is 11.9. The van der Waals surface area contributed by atoms with Crippen LogP contribution in [0.1, 0.15) is 58.1 Å². The van der Waals surface area contributed by atoms with E-state index in [-0.39, 0.29) is 112 Å². The third-order valence-electron chi connectivity index (χ3n) is 12.5. The van der Waals surface area contributed by atoms with Crippen LogP contribution >= 0.6 is 46.4 Å². The number of hydrogen-bond donors (Lipinski definition) is 4. The van der Waals surface area contributed by atoms with Crippen LogP contribution in [0.5, 0.6) is 0 Å². The summed E-state index contributed by atoms with van der Waals surface area (Å²) >= 11 is 25.6. The number of sulfonamides is 2. The zero-order valence-electron chi connectivity index (χ0n) is 42.8. The first-order valence-electron chi connectivity index (χ1n) is 25.0. The van der Waals surface area contributed by atoms with Crippen LogP contribution in [0.3, 0.4) is 0 Å². The zero-order chi connectivity index (χ0) is 54.5. The molecule has 76 heavy (non-hydrogen) atoms. The normalized spacial score (nSPS) is 16.1. The Balaban J connectivity index is 0.681. The molecule has 0 aliphatic carbocycles. The number of amides is 2. The highest BCUT2D eigenvalue weighted by atomic mass is 35.5. The van der Waals surface area contributed by atoms with Gasteiger partial charge in [-0.05, 0) is 96.0 Å². The summed E-state index contributed by atoms with van der Waals surface area (Å²) in [6, 6.07) is 21.1. The van der Waals surface area contributed by atoms with Gasteiger partial charge in [-0.2, -0.15) is 0 Å². The molecule has 18 nitrogen and oxygen atoms in total. The molecule has 418 valence electrons. The van der Waals surface area contributed by atoms with Crippen molar-refractivity contribution in [3.63, 3.8) is 0 Å². The van der Waals surface area contributed by atoms with Crippen molar-refractivity contribution in [2.24, 2.45) is 0 Å². The van der Waals surface area contributed by atoms with Crippen molar-refractivity contribution in [1.82, 2.24) is 29.9 Å². The van der Waals surface area contributed by atoms with Gasteiger partial charge in [0.15, 0.2) is 0 Å². The molecule has 0 bridgehead atoms. The van der Waals surface area contributed by atoms with Gasteiger partial charge in [-0.3, -0.25) is 9.59 Å². The van der Waals surface area contributed by atoms with Crippen LogP contribution in [0, 0.1) is 0 Å². The third kappa shape index (κ3) is 19.7. The van der Waals surface area contributed by atoms with Gasteiger partial charge in [0.1, 0.15) is 0 Å². The summed E-state index contributed by atoms with van der Waals surface area (Å²) in [5.41, 5.74) is 6.09. The van der Waals surface area contributed by atoms with Crippen molar-refractivity contribution in [2.45, 2.75) is 47.6 Å². The number of halogens is 4. The molecule has 0 spiro atoms. The first kappa shape index (κ1) is 61.7. The van der Waals surface area contributed by atoms with Gasteiger partial charge in [-0.1, -0.05) is 70.7 Å². The predicted molar refractivity (Wildman–Crippen MR) is 293 cm³/mol. The maximum Gasteiger partial charge on any atom is 0.240 e. The molecule has 4 aromatic carbocycles. The van der Waals surface area contributed by atoms with Crippen molar-refractivity contribution >= 4 is 78.3 Å². The van der Waals surface area contributed by atoms with Crippen LogP contribution < -0.4 is 20.1 Å². The van der Waals surface area contributed by atoms with Gasteiger partial charge in [0, 0.05) is 97.1 Å². The van der Waals surface area contributed by atoms with Gasteiger partial charge in [-0.15, -0.1) is 0 Å². The molecule has 0 radical (unpaired) electrons. The highest BCUT2D eigenvalue weighted by Crippen LogP contribution is 2.40. The van der Waals surface area contributed by atoms with E-state index >= 15 is 0 Å². The van der Waals surface area contributed by atoms with Crippen LogP contribution in [0.4, 0.5) is 0 Å². The average Bonchev–Trinajstić information content (AvgIpc) is 3.40. The lowest BCUT2D eigenvalue weighted by molar-refractivity contribution is -0.126. The molecule has 2 amide bonds. The molecular weight excluding hydrogens is 1110 g/mol. The molecule has 0 saturated carbocycles. The Kier molecular flexibility index (Phi) is 25.4. The largest absolute Gasteiger partial charge is 0.378 e. The molecule has 0 aromatic heterocycles. The van der Waals surface area contributed by atoms with E-state index in [0.29, 0.717) is 72.8 Å². The Hall–Kier alpha value is -3.52. The number of carbonyl (C=O) groups is 2. The summed E-state index contributed by atoms with van der Waals surface area (Å²) in [5, 5.41) is 7.80. The van der Waals surface area contributed by atoms with Crippen molar-refractivity contribution in [3.8, 4) is 0 Å². The van der Waals surface area contributed by atoms with Crippen LogP contribution in [-0.2, 0) is 71.1 Å². The number of hydrogen-bond acceptors (Lipinski definition) is 14. The van der Waals surface area contributed by atoms with Crippen LogP contribution in [0.15, 0.2) is 82.6 Å². The minimum Gasteiger partial charge on any atom is -0.378 e. The van der Waals surface area contributed by atoms with Crippen LogP contribution in [0.25, 0.3) is 0 Å². The summed E-state index contributed by atoms with van der Waals surface area (Å²) in [7, 11) is -3.44. The lowest BCUT2D eigenvalue weighted by atomic mass is 9.85. The van der Waals surface area contributed by atoms with E-state index in [4.69, 9.17) is 74.8 Å². The minimum absolute atomic E-state index is 0.00157. The molecule has 2 aliphatic heterocycles. The number of ether oxygens (including phenoxy) is 6. The molecule has 4 N–H and O–H groups in total. The van der Waals surface area contributed by atoms with E-state index in [0.717, 1.165) is 46.5 Å². The quantitative estimate of drug-likeness (QED) is 0.0414. The topological polar surface area (TPSA) is 212 Å². The van der Waals surface area contributed by atoms with Crippen molar-refractivity contribution in [1.29, 1.82) is 0 Å². The Bertz CT molecular complexity index is 2550. The summed E-state index contributed by atoms with van der Waals surface area (Å²) in [5.74, 6) is -0.539. The fourth-order valence-electron chi connectivity index (χ4n) is 8.70. The van der Waals surface area contributed by atoms with E-state index in [1.807, 2.05) is 50.5 Å². The molecule has 4 aromatic rings. The SMILES string of the molecule is CN1Cc2c(Cl)cc(Cl)cc2C(c2ccc(S(=O)(=O)NCCOCCOCCOCCNC(=O)CCC(=O)NCCOCCOCCOCCNS(=O)(=O)c3ccc(C4CN(C)Cc5c(Cl)cc(Cl)cc54)cc3)cc2)C1. The summed E-state index contributed by atoms with van der Waals surface area (Å²) in [4.78, 5) is 28.9. The monoisotopic (exact) mass is 1170 g/mol. The van der Waals surface area contributed by atoms with Gasteiger partial charge in [0.2, 0.25) is 31.9 Å². The molecule has 0 saturated heterocycles. The Labute approximate surface area is 466 Å². The van der Waals surface area contributed by atoms with E-state index in [9.17, 15) is 26.4 Å². The Morgan fingerprint density at radius 3 is 1.14 bits per heavy atom. The van der Waals surface area contributed by atoms with Gasteiger partial charge in [-0.25, -0.2) is 26.3 Å². The van der Waals surface area contributed by atoms with Gasteiger partial charge in [0.25, 0.3) is 0 Å². The highest BCUT2D eigenvalue weighted by molar-refractivity contribution is 7.89. The van der Waals surface area contributed by atoms with Crippen molar-refractivity contribution < 1.29 is 54.8 Å². The van der Waals surface area contributed by atoms with Gasteiger partial charge < -0.3 is 48.9 Å². The highest BCUT2D eigenvalue weighted by Gasteiger charge is 2.29. The van der Waals surface area contributed by atoms with Gasteiger partial charge >= 0.3 is 0 Å². The molecule has 2 atom stereocenters. The molecule has 6 rings (SSSR count). The first-order chi connectivity index (χ1) is 36.5. The molecule has 2 unspecified atom stereocenters. The summed E-state index contributed by atoms with van der Waals surface area (Å²) in [6.45, 7) is 6.93. The number of nitrogens with one attached hydrogen (secondary N) is 4. The summed E-state index contributed by atoms with van der Waals surface area (Å²) < 4.78 is 89.7. The predicted octanol–water partition coefficient (Wildman–Crippen LogP) is 5.82. The van der Waals surface area contributed by atoms with Crippen molar-refractivity contribution in [3.05, 3.63) is 126 Å². The number of fused-ring (bicyclic) bond motifs is 2. The van der Waals surface area contributed by atoms with Crippen LogP contribution in [0.2, 0.25) is 20.1 Å². The maximum atomic E-state index is 12.9. The molecule has 0 fully saturated rings. The van der Waals surface area contributed by atoms with E-state index in [1.54, 1.807) is 36.4 Å².